The third-order valence-corrected chi connectivity index (χ3v) is 6.21. The molecule has 0 aromatic heterocycles. The standard InChI is InChI=1S/C25H30N2O3/c1-24(2)15-19-7-6-10-22(23(19)30-24)29-17-21(28)16-27-13-11-25(18-26,12-14-27)20-8-4-3-5-9-20/h3-10,21,28H,11-17H2,1-2H3. The molecule has 5 nitrogen and oxygen atoms in total. The fraction of sp³-hybridized carbons (Fsp3) is 0.480. The summed E-state index contributed by atoms with van der Waals surface area (Å²) in [7, 11) is 0. The van der Waals surface area contributed by atoms with Gasteiger partial charge in [0.15, 0.2) is 11.5 Å². The highest BCUT2D eigenvalue weighted by Crippen LogP contribution is 2.41. The van der Waals surface area contributed by atoms with Crippen molar-refractivity contribution >= 4 is 0 Å². The van der Waals surface area contributed by atoms with E-state index < -0.39 is 11.5 Å². The summed E-state index contributed by atoms with van der Waals surface area (Å²) in [4.78, 5) is 2.22. The van der Waals surface area contributed by atoms with E-state index in [1.165, 1.54) is 0 Å². The van der Waals surface area contributed by atoms with Crippen molar-refractivity contribution in [3.8, 4) is 17.6 Å². The van der Waals surface area contributed by atoms with Crippen LogP contribution in [-0.2, 0) is 11.8 Å². The summed E-state index contributed by atoms with van der Waals surface area (Å²) in [5.41, 5.74) is 1.60. The number of para-hydroxylation sites is 1. The molecule has 1 unspecified atom stereocenters. The van der Waals surface area contributed by atoms with Crippen molar-refractivity contribution in [1.29, 1.82) is 5.26 Å². The van der Waals surface area contributed by atoms with Crippen LogP contribution in [0, 0.1) is 11.3 Å². The highest BCUT2D eigenvalue weighted by atomic mass is 16.5. The molecule has 2 heterocycles. The number of hydrogen-bond donors (Lipinski definition) is 1. The average molecular weight is 407 g/mol. The maximum absolute atomic E-state index is 10.5. The fourth-order valence-corrected chi connectivity index (χ4v) is 4.58. The van der Waals surface area contributed by atoms with E-state index in [0.717, 1.165) is 49.2 Å². The molecule has 2 aromatic rings. The first-order valence-electron chi connectivity index (χ1n) is 10.7. The van der Waals surface area contributed by atoms with Crippen molar-refractivity contribution < 1.29 is 14.6 Å². The Morgan fingerprint density at radius 1 is 1.13 bits per heavy atom. The molecule has 2 aliphatic rings. The van der Waals surface area contributed by atoms with E-state index >= 15 is 0 Å². The SMILES string of the molecule is CC1(C)Cc2cccc(OCC(O)CN3CCC(C#N)(c4ccccc4)CC3)c2O1. The third-order valence-electron chi connectivity index (χ3n) is 6.21. The number of β-amino-alcohol motifs (C(OH)–C–C–N with tert-alkyl or cyclic N) is 1. The van der Waals surface area contributed by atoms with Gasteiger partial charge in [-0.2, -0.15) is 5.26 Å². The number of hydrogen-bond acceptors (Lipinski definition) is 5. The Hall–Kier alpha value is -2.55. The van der Waals surface area contributed by atoms with Gasteiger partial charge in [-0.05, 0) is 38.3 Å². The van der Waals surface area contributed by atoms with Crippen LogP contribution in [0.1, 0.15) is 37.8 Å². The minimum Gasteiger partial charge on any atom is -0.487 e. The lowest BCUT2D eigenvalue weighted by molar-refractivity contribution is 0.0530. The second-order valence-electron chi connectivity index (χ2n) is 9.11. The Labute approximate surface area is 178 Å². The van der Waals surface area contributed by atoms with Gasteiger partial charge < -0.3 is 19.5 Å². The van der Waals surface area contributed by atoms with Crippen molar-refractivity contribution in [3.05, 3.63) is 59.7 Å². The van der Waals surface area contributed by atoms with Crippen LogP contribution in [0.3, 0.4) is 0 Å². The number of aliphatic hydroxyl groups excluding tert-OH is 1. The van der Waals surface area contributed by atoms with E-state index in [1.54, 1.807) is 0 Å². The summed E-state index contributed by atoms with van der Waals surface area (Å²) in [5.74, 6) is 1.50. The zero-order chi connectivity index (χ0) is 21.2. The van der Waals surface area contributed by atoms with Crippen LogP contribution in [-0.4, -0.2) is 48.0 Å². The van der Waals surface area contributed by atoms with Crippen molar-refractivity contribution in [2.24, 2.45) is 0 Å². The molecule has 0 radical (unpaired) electrons. The third kappa shape index (κ3) is 4.30. The van der Waals surface area contributed by atoms with Gasteiger partial charge in [-0.25, -0.2) is 0 Å². The number of nitriles is 1. The smallest absolute Gasteiger partial charge is 0.165 e. The first kappa shape index (κ1) is 20.7. The minimum atomic E-state index is -0.596. The zero-order valence-electron chi connectivity index (χ0n) is 17.8. The van der Waals surface area contributed by atoms with Crippen LogP contribution in [0.5, 0.6) is 11.5 Å². The summed E-state index contributed by atoms with van der Waals surface area (Å²) in [5, 5.41) is 20.4. The van der Waals surface area contributed by atoms with Gasteiger partial charge in [0, 0.05) is 31.6 Å². The van der Waals surface area contributed by atoms with Gasteiger partial charge in [-0.1, -0.05) is 42.5 Å². The average Bonchev–Trinajstić information content (AvgIpc) is 3.08. The minimum absolute atomic E-state index is 0.221. The van der Waals surface area contributed by atoms with Crippen LogP contribution in [0.2, 0.25) is 0 Å². The fourth-order valence-electron chi connectivity index (χ4n) is 4.58. The van der Waals surface area contributed by atoms with Gasteiger partial charge in [0.25, 0.3) is 0 Å². The lowest BCUT2D eigenvalue weighted by atomic mass is 9.74. The van der Waals surface area contributed by atoms with Crippen molar-refractivity contribution in [3.63, 3.8) is 0 Å². The number of rotatable bonds is 6. The van der Waals surface area contributed by atoms with Crippen LogP contribution in [0.25, 0.3) is 0 Å². The highest BCUT2D eigenvalue weighted by Gasteiger charge is 2.37. The molecule has 1 N–H and O–H groups in total. The topological polar surface area (TPSA) is 65.7 Å². The van der Waals surface area contributed by atoms with Gasteiger partial charge in [0.1, 0.15) is 18.3 Å². The van der Waals surface area contributed by atoms with Crippen LogP contribution >= 0.6 is 0 Å². The maximum atomic E-state index is 10.5. The highest BCUT2D eigenvalue weighted by molar-refractivity contribution is 5.50. The molecule has 0 spiro atoms. The van der Waals surface area contributed by atoms with Gasteiger partial charge >= 0.3 is 0 Å². The number of benzene rings is 2. The summed E-state index contributed by atoms with van der Waals surface area (Å²) in [6.07, 6.45) is 1.81. The Balaban J connectivity index is 1.30. The lowest BCUT2D eigenvalue weighted by Gasteiger charge is -2.38. The molecule has 1 saturated heterocycles. The van der Waals surface area contributed by atoms with E-state index in [-0.39, 0.29) is 12.2 Å². The van der Waals surface area contributed by atoms with Gasteiger partial charge in [-0.3, -0.25) is 0 Å². The van der Waals surface area contributed by atoms with Crippen LogP contribution in [0.4, 0.5) is 0 Å². The Morgan fingerprint density at radius 2 is 1.87 bits per heavy atom. The number of aliphatic hydroxyl groups is 1. The molecule has 2 aromatic carbocycles. The first-order valence-corrected chi connectivity index (χ1v) is 10.7. The predicted octanol–water partition coefficient (Wildman–Crippen LogP) is 3.70. The molecule has 4 rings (SSSR count). The molecule has 0 saturated carbocycles. The Kier molecular flexibility index (Phi) is 5.73. The summed E-state index contributed by atoms with van der Waals surface area (Å²) < 4.78 is 12.0. The number of ether oxygens (including phenoxy) is 2. The molecule has 0 aliphatic carbocycles. The first-order chi connectivity index (χ1) is 14.4. The maximum Gasteiger partial charge on any atom is 0.165 e. The van der Waals surface area contributed by atoms with Crippen LogP contribution < -0.4 is 9.47 Å². The van der Waals surface area contributed by atoms with Crippen molar-refractivity contribution in [2.45, 2.75) is 50.2 Å². The summed E-state index contributed by atoms with van der Waals surface area (Å²) in [6.45, 7) is 6.48. The zero-order valence-corrected chi connectivity index (χ0v) is 17.8. The van der Waals surface area contributed by atoms with E-state index in [2.05, 4.69) is 30.9 Å². The second-order valence-corrected chi connectivity index (χ2v) is 9.11. The van der Waals surface area contributed by atoms with E-state index in [4.69, 9.17) is 9.47 Å². The molecule has 158 valence electrons. The van der Waals surface area contributed by atoms with Gasteiger partial charge in [0.05, 0.1) is 11.5 Å². The number of likely N-dealkylation sites (tertiary alicyclic amines) is 1. The van der Waals surface area contributed by atoms with Crippen molar-refractivity contribution in [2.75, 3.05) is 26.2 Å². The van der Waals surface area contributed by atoms with Gasteiger partial charge in [-0.15, -0.1) is 0 Å². The Morgan fingerprint density at radius 3 is 2.57 bits per heavy atom. The summed E-state index contributed by atoms with van der Waals surface area (Å²) in [6, 6.07) is 18.5. The quantitative estimate of drug-likeness (QED) is 0.792. The van der Waals surface area contributed by atoms with E-state index in [9.17, 15) is 10.4 Å². The second kappa shape index (κ2) is 8.29. The number of nitrogens with zero attached hydrogens (tertiary/aromatic N) is 2. The molecule has 0 bridgehead atoms. The molecule has 1 fully saturated rings. The lowest BCUT2D eigenvalue weighted by Crippen LogP contribution is -2.45. The van der Waals surface area contributed by atoms with Crippen molar-refractivity contribution in [1.82, 2.24) is 4.90 Å². The molecule has 2 aliphatic heterocycles. The largest absolute Gasteiger partial charge is 0.487 e. The number of piperidine rings is 1. The van der Waals surface area contributed by atoms with Gasteiger partial charge in [0.2, 0.25) is 0 Å². The predicted molar refractivity (Wildman–Crippen MR) is 116 cm³/mol. The van der Waals surface area contributed by atoms with Crippen LogP contribution in [0.15, 0.2) is 48.5 Å². The van der Waals surface area contributed by atoms with E-state index in [1.807, 2.05) is 42.5 Å². The monoisotopic (exact) mass is 406 g/mol. The Bertz CT molecular complexity index is 912. The molecule has 30 heavy (non-hydrogen) atoms. The molecular weight excluding hydrogens is 376 g/mol. The summed E-state index contributed by atoms with van der Waals surface area (Å²) >= 11 is 0. The molecule has 5 heteroatoms. The molecule has 0 amide bonds. The molecular formula is C25H30N2O3. The normalized spacial score (nSPS) is 20.6. The van der Waals surface area contributed by atoms with E-state index in [0.29, 0.717) is 12.3 Å². The number of fused-ring (bicyclic) bond motifs is 1. The molecule has 1 atom stereocenters.